The summed E-state index contributed by atoms with van der Waals surface area (Å²) in [5.74, 6) is 3.27. The van der Waals surface area contributed by atoms with Crippen molar-refractivity contribution in [2.24, 2.45) is 17.8 Å². The van der Waals surface area contributed by atoms with Crippen LogP contribution in [0.15, 0.2) is 0 Å². The lowest BCUT2D eigenvalue weighted by atomic mass is 10.1. The van der Waals surface area contributed by atoms with Crippen LogP contribution in [0.4, 0.5) is 0 Å². The Bertz CT molecular complexity index is 303. The first-order valence-corrected chi connectivity index (χ1v) is 12.1. The molecule has 6 nitrogen and oxygen atoms in total. The van der Waals surface area contributed by atoms with Crippen molar-refractivity contribution in [3.05, 3.63) is 0 Å². The molecule has 3 aliphatic carbocycles. The fourth-order valence-corrected chi connectivity index (χ4v) is 3.03. The zero-order valence-electron chi connectivity index (χ0n) is 19.8. The van der Waals surface area contributed by atoms with Gasteiger partial charge in [0.25, 0.3) is 0 Å². The molecular weight excluding hydrogens is 384 g/mol. The van der Waals surface area contributed by atoms with Crippen molar-refractivity contribution in [1.82, 2.24) is 0 Å². The Balaban J connectivity index is -0.000000390. The molecule has 0 heterocycles. The number of hydrogen-bond acceptors (Lipinski definition) is 3. The molecule has 3 fully saturated rings. The molecule has 0 amide bonds. The van der Waals surface area contributed by atoms with E-state index in [1.807, 2.05) is 0 Å². The minimum Gasteiger partial charge on any atom is -0.412 e. The highest BCUT2D eigenvalue weighted by Crippen LogP contribution is 2.40. The van der Waals surface area contributed by atoms with Gasteiger partial charge in [-0.2, -0.15) is 0 Å². The van der Waals surface area contributed by atoms with Gasteiger partial charge in [0.05, 0.1) is 12.7 Å². The van der Waals surface area contributed by atoms with Gasteiger partial charge < -0.3 is 31.4 Å². The smallest absolute Gasteiger partial charge is 0.0773 e. The Morgan fingerprint density at radius 3 is 1.57 bits per heavy atom. The highest BCUT2D eigenvalue weighted by Gasteiger charge is 2.26. The molecule has 1 atom stereocenters. The molecule has 1 unspecified atom stereocenters. The van der Waals surface area contributed by atoms with Crippen LogP contribution in [0.5, 0.6) is 0 Å². The summed E-state index contributed by atoms with van der Waals surface area (Å²) < 4.78 is 5.40. The lowest BCUT2D eigenvalue weighted by Crippen LogP contribution is -2.15. The molecule has 6 heteroatoms. The molecule has 0 spiro atoms. The number of aliphatic hydroxyl groups excluding tert-OH is 2. The van der Waals surface area contributed by atoms with Gasteiger partial charge in [-0.25, -0.2) is 0 Å². The summed E-state index contributed by atoms with van der Waals surface area (Å²) in [6, 6.07) is 0. The van der Waals surface area contributed by atoms with Crippen molar-refractivity contribution in [2.45, 2.75) is 116 Å². The first-order chi connectivity index (χ1) is 13.2. The molecule has 0 aromatic rings. The minimum absolute atomic E-state index is 0. The first-order valence-electron chi connectivity index (χ1n) is 12.1. The normalized spacial score (nSPS) is 17.6. The Labute approximate surface area is 185 Å². The van der Waals surface area contributed by atoms with E-state index in [9.17, 15) is 5.11 Å². The molecule has 0 aliphatic heterocycles. The minimum atomic E-state index is -0.225. The van der Waals surface area contributed by atoms with Crippen LogP contribution in [0.2, 0.25) is 0 Å². The van der Waals surface area contributed by atoms with E-state index in [0.29, 0.717) is 13.2 Å². The van der Waals surface area contributed by atoms with Crippen molar-refractivity contribution in [1.29, 1.82) is 0 Å². The molecule has 3 rings (SSSR count). The largest absolute Gasteiger partial charge is 0.412 e. The monoisotopic (exact) mass is 438 g/mol. The average molecular weight is 439 g/mol. The van der Waals surface area contributed by atoms with E-state index in [1.54, 1.807) is 38.5 Å². The zero-order chi connectivity index (χ0) is 19.7. The lowest BCUT2D eigenvalue weighted by Gasteiger charge is -2.10. The summed E-state index contributed by atoms with van der Waals surface area (Å²) >= 11 is 0. The standard InChI is InChI=1S/C12H24O2.C8H14.C4H10O.3H2O/c1-2-3-4-9-14-10-12(13)8-7-11-5-6-11;1-2-7(1)5-6-8-3-4-8;1-2-3-4-5;;;/h11-13H,2-10H2,1H3;7-8H,1-6H2;5H,2-4H2,1H3;3*1H2. The van der Waals surface area contributed by atoms with Crippen LogP contribution < -0.4 is 0 Å². The molecule has 8 N–H and O–H groups in total. The second kappa shape index (κ2) is 23.4. The van der Waals surface area contributed by atoms with Crippen molar-refractivity contribution in [2.75, 3.05) is 19.8 Å². The Morgan fingerprint density at radius 2 is 1.20 bits per heavy atom. The van der Waals surface area contributed by atoms with E-state index >= 15 is 0 Å². The molecule has 0 aromatic carbocycles. The summed E-state index contributed by atoms with van der Waals surface area (Å²) in [6.45, 7) is 5.93. The Morgan fingerprint density at radius 1 is 0.733 bits per heavy atom. The van der Waals surface area contributed by atoms with Gasteiger partial charge >= 0.3 is 0 Å². The van der Waals surface area contributed by atoms with Gasteiger partial charge in [0.15, 0.2) is 0 Å². The number of aliphatic hydroxyl groups is 2. The molecule has 0 saturated heterocycles. The van der Waals surface area contributed by atoms with Crippen molar-refractivity contribution in [3.63, 3.8) is 0 Å². The van der Waals surface area contributed by atoms with Crippen LogP contribution in [0.1, 0.15) is 110 Å². The van der Waals surface area contributed by atoms with Gasteiger partial charge in [-0.1, -0.05) is 84.5 Å². The van der Waals surface area contributed by atoms with E-state index in [0.717, 1.165) is 38.2 Å². The number of rotatable bonds is 14. The maximum atomic E-state index is 9.56. The first kappa shape index (κ1) is 34.4. The summed E-state index contributed by atoms with van der Waals surface area (Å²) in [4.78, 5) is 0. The van der Waals surface area contributed by atoms with Gasteiger partial charge in [-0.3, -0.25) is 0 Å². The van der Waals surface area contributed by atoms with Crippen LogP contribution >= 0.6 is 0 Å². The van der Waals surface area contributed by atoms with E-state index in [-0.39, 0.29) is 22.5 Å². The molecule has 30 heavy (non-hydrogen) atoms. The zero-order valence-corrected chi connectivity index (χ0v) is 19.8. The van der Waals surface area contributed by atoms with Crippen LogP contribution in [-0.2, 0) is 4.74 Å². The topological polar surface area (TPSA) is 144 Å². The second-order valence-electron chi connectivity index (χ2n) is 9.00. The summed E-state index contributed by atoms with van der Waals surface area (Å²) in [5.41, 5.74) is 0. The van der Waals surface area contributed by atoms with Crippen molar-refractivity contribution < 1.29 is 31.4 Å². The number of ether oxygens (including phenoxy) is 1. The third kappa shape index (κ3) is 25.8. The van der Waals surface area contributed by atoms with Gasteiger partial charge in [0, 0.05) is 13.2 Å². The molecule has 3 aliphatic rings. The second-order valence-corrected chi connectivity index (χ2v) is 9.00. The summed E-state index contributed by atoms with van der Waals surface area (Å²) in [7, 11) is 0. The van der Waals surface area contributed by atoms with Crippen LogP contribution in [0, 0.1) is 17.8 Å². The molecule has 186 valence electrons. The van der Waals surface area contributed by atoms with Gasteiger partial charge in [-0.05, 0) is 43.4 Å². The van der Waals surface area contributed by atoms with E-state index in [1.165, 1.54) is 43.9 Å². The number of unbranched alkanes of at least 4 members (excludes halogenated alkanes) is 3. The molecule has 0 radical (unpaired) electrons. The molecule has 0 bridgehead atoms. The Hall–Kier alpha value is -0.240. The Kier molecular flexibility index (Phi) is 26.8. The molecule has 0 aromatic heterocycles. The van der Waals surface area contributed by atoms with Crippen molar-refractivity contribution >= 4 is 0 Å². The summed E-state index contributed by atoms with van der Waals surface area (Å²) in [5, 5.41) is 17.6. The quantitative estimate of drug-likeness (QED) is 0.399. The fourth-order valence-electron chi connectivity index (χ4n) is 3.03. The van der Waals surface area contributed by atoms with Gasteiger partial charge in [-0.15, -0.1) is 0 Å². The molecular formula is C24H54O6. The van der Waals surface area contributed by atoms with E-state index in [2.05, 4.69) is 13.8 Å². The number of hydrogen-bond donors (Lipinski definition) is 2. The van der Waals surface area contributed by atoms with Crippen LogP contribution in [0.25, 0.3) is 0 Å². The third-order valence-corrected chi connectivity index (χ3v) is 5.70. The predicted molar refractivity (Wildman–Crippen MR) is 126 cm³/mol. The summed E-state index contributed by atoms with van der Waals surface area (Å²) in [6.07, 6.45) is 19.6. The van der Waals surface area contributed by atoms with Gasteiger partial charge in [0.2, 0.25) is 0 Å². The van der Waals surface area contributed by atoms with Crippen LogP contribution in [0.3, 0.4) is 0 Å². The van der Waals surface area contributed by atoms with Gasteiger partial charge in [0.1, 0.15) is 0 Å². The highest BCUT2D eigenvalue weighted by molar-refractivity contribution is 4.79. The predicted octanol–water partition coefficient (Wildman–Crippen LogP) is 3.64. The average Bonchev–Trinajstić information content (AvgIpc) is 3.50. The SMILES string of the molecule is C1CC1CCC1CC1.CCCCCOCC(O)CCC1CC1.CCCCO.O.O.O. The third-order valence-electron chi connectivity index (χ3n) is 5.70. The van der Waals surface area contributed by atoms with Crippen molar-refractivity contribution in [3.8, 4) is 0 Å². The fraction of sp³-hybridized carbons (Fsp3) is 1.00. The molecule has 3 saturated carbocycles. The van der Waals surface area contributed by atoms with E-state index < -0.39 is 0 Å². The van der Waals surface area contributed by atoms with Crippen LogP contribution in [-0.4, -0.2) is 52.6 Å². The maximum Gasteiger partial charge on any atom is 0.0773 e. The lowest BCUT2D eigenvalue weighted by molar-refractivity contribution is 0.0295. The van der Waals surface area contributed by atoms with E-state index in [4.69, 9.17) is 9.84 Å². The maximum absolute atomic E-state index is 9.56. The highest BCUT2D eigenvalue weighted by atomic mass is 16.5.